The standard InChI is InChI=1S/C39H72/c1-4-7-10-13-16-18-20-23-26-29-33-38-35-31-34-37(32-28-25-22-15-12-9-6-3)39(38)36-30-27-24-21-19-17-14-11-8-5-2/h31,34-35H,4-30,32-33,36H2,1-3H3. The maximum atomic E-state index is 2.48. The Kier molecular flexibility index (Phi) is 26.7. The van der Waals surface area contributed by atoms with Crippen LogP contribution in [0.2, 0.25) is 0 Å². The molecule has 228 valence electrons. The molecule has 0 aliphatic rings. The van der Waals surface area contributed by atoms with E-state index in [9.17, 15) is 0 Å². The topological polar surface area (TPSA) is 0 Å². The van der Waals surface area contributed by atoms with Gasteiger partial charge in [0.15, 0.2) is 0 Å². The first kappa shape index (κ1) is 36.2. The van der Waals surface area contributed by atoms with Crippen molar-refractivity contribution in [3.63, 3.8) is 0 Å². The van der Waals surface area contributed by atoms with Gasteiger partial charge in [0.2, 0.25) is 0 Å². The van der Waals surface area contributed by atoms with Crippen molar-refractivity contribution in [1.29, 1.82) is 0 Å². The Morgan fingerprint density at radius 3 is 0.872 bits per heavy atom. The Hall–Kier alpha value is -0.780. The number of benzene rings is 1. The molecule has 0 aliphatic heterocycles. The predicted molar refractivity (Wildman–Crippen MR) is 179 cm³/mol. The lowest BCUT2D eigenvalue weighted by atomic mass is 9.90. The molecule has 0 atom stereocenters. The molecule has 0 aromatic heterocycles. The molecular formula is C39H72. The van der Waals surface area contributed by atoms with Gasteiger partial charge >= 0.3 is 0 Å². The average Bonchev–Trinajstić information content (AvgIpc) is 2.95. The number of rotatable bonds is 30. The summed E-state index contributed by atoms with van der Waals surface area (Å²) in [4.78, 5) is 0. The van der Waals surface area contributed by atoms with Crippen molar-refractivity contribution < 1.29 is 0 Å². The van der Waals surface area contributed by atoms with Crippen molar-refractivity contribution in [3.05, 3.63) is 34.9 Å². The quantitative estimate of drug-likeness (QED) is 0.0851. The summed E-state index contributed by atoms with van der Waals surface area (Å²) < 4.78 is 0. The van der Waals surface area contributed by atoms with E-state index >= 15 is 0 Å². The molecule has 0 bridgehead atoms. The summed E-state index contributed by atoms with van der Waals surface area (Å²) >= 11 is 0. The smallest absolute Gasteiger partial charge is 0.0273 e. The molecule has 0 radical (unpaired) electrons. The van der Waals surface area contributed by atoms with Gasteiger partial charge in [0, 0.05) is 0 Å². The van der Waals surface area contributed by atoms with Gasteiger partial charge in [0.25, 0.3) is 0 Å². The highest BCUT2D eigenvalue weighted by atomic mass is 14.1. The summed E-state index contributed by atoms with van der Waals surface area (Å²) in [6.45, 7) is 6.95. The Bertz CT molecular complexity index is 614. The van der Waals surface area contributed by atoms with Crippen LogP contribution in [-0.2, 0) is 19.3 Å². The number of unbranched alkanes of at least 4 members (excludes halogenated alkanes) is 24. The minimum Gasteiger partial charge on any atom is -0.0654 e. The third kappa shape index (κ3) is 21.6. The molecule has 0 saturated heterocycles. The van der Waals surface area contributed by atoms with Gasteiger partial charge in [-0.05, 0) is 55.2 Å². The van der Waals surface area contributed by atoms with Crippen molar-refractivity contribution in [2.24, 2.45) is 0 Å². The molecule has 0 saturated carbocycles. The van der Waals surface area contributed by atoms with Crippen molar-refractivity contribution in [2.75, 3.05) is 0 Å². The van der Waals surface area contributed by atoms with E-state index in [0.717, 1.165) is 0 Å². The fourth-order valence-corrected chi connectivity index (χ4v) is 6.34. The summed E-state index contributed by atoms with van der Waals surface area (Å²) in [5.41, 5.74) is 5.16. The molecular weight excluding hydrogens is 468 g/mol. The number of hydrogen-bond acceptors (Lipinski definition) is 0. The molecule has 0 amide bonds. The van der Waals surface area contributed by atoms with Gasteiger partial charge in [-0.1, -0.05) is 193 Å². The fourth-order valence-electron chi connectivity index (χ4n) is 6.34. The summed E-state index contributed by atoms with van der Waals surface area (Å²) in [5, 5.41) is 0. The van der Waals surface area contributed by atoms with Gasteiger partial charge < -0.3 is 0 Å². The number of aryl methyl sites for hydroxylation is 2. The lowest BCUT2D eigenvalue weighted by Gasteiger charge is -2.16. The van der Waals surface area contributed by atoms with Crippen LogP contribution in [0.1, 0.15) is 211 Å². The van der Waals surface area contributed by atoms with E-state index in [2.05, 4.69) is 39.0 Å². The predicted octanol–water partition coefficient (Wildman–Crippen LogP) is 13.9. The highest BCUT2D eigenvalue weighted by Crippen LogP contribution is 2.24. The summed E-state index contributed by atoms with van der Waals surface area (Å²) in [7, 11) is 0. The SMILES string of the molecule is CCCCCCCCCCCCc1cccc(CCCCCCCCC)c1CCCCCCCCCCCC. The maximum Gasteiger partial charge on any atom is -0.0273 e. The molecule has 0 N–H and O–H groups in total. The molecule has 39 heavy (non-hydrogen) atoms. The second-order valence-electron chi connectivity index (χ2n) is 12.8. The van der Waals surface area contributed by atoms with Crippen LogP contribution in [0.4, 0.5) is 0 Å². The van der Waals surface area contributed by atoms with E-state index in [-0.39, 0.29) is 0 Å². The maximum absolute atomic E-state index is 2.48. The van der Waals surface area contributed by atoms with Crippen LogP contribution < -0.4 is 0 Å². The second-order valence-corrected chi connectivity index (χ2v) is 12.8. The Labute approximate surface area is 247 Å². The Morgan fingerprint density at radius 1 is 0.308 bits per heavy atom. The first-order valence-electron chi connectivity index (χ1n) is 18.4. The van der Waals surface area contributed by atoms with E-state index in [0.29, 0.717) is 0 Å². The zero-order valence-corrected chi connectivity index (χ0v) is 27.4. The van der Waals surface area contributed by atoms with Crippen LogP contribution in [0.25, 0.3) is 0 Å². The summed E-state index contributed by atoms with van der Waals surface area (Å²) in [5.74, 6) is 0. The van der Waals surface area contributed by atoms with Crippen molar-refractivity contribution in [2.45, 2.75) is 213 Å². The highest BCUT2D eigenvalue weighted by Gasteiger charge is 2.09. The lowest BCUT2D eigenvalue weighted by molar-refractivity contribution is 0.552. The lowest BCUT2D eigenvalue weighted by Crippen LogP contribution is -2.02. The molecule has 1 aromatic carbocycles. The van der Waals surface area contributed by atoms with Gasteiger partial charge in [0.05, 0.1) is 0 Å². The fraction of sp³-hybridized carbons (Fsp3) is 0.846. The third-order valence-electron chi connectivity index (χ3n) is 9.00. The zero-order chi connectivity index (χ0) is 28.1. The van der Waals surface area contributed by atoms with Gasteiger partial charge in [-0.15, -0.1) is 0 Å². The van der Waals surface area contributed by atoms with Crippen LogP contribution in [0.3, 0.4) is 0 Å². The largest absolute Gasteiger partial charge is 0.0654 e. The Morgan fingerprint density at radius 2 is 0.564 bits per heavy atom. The van der Waals surface area contributed by atoms with Gasteiger partial charge in [0.1, 0.15) is 0 Å². The molecule has 0 heteroatoms. The van der Waals surface area contributed by atoms with Crippen LogP contribution in [-0.4, -0.2) is 0 Å². The monoisotopic (exact) mass is 541 g/mol. The van der Waals surface area contributed by atoms with Crippen LogP contribution in [0, 0.1) is 0 Å². The first-order valence-corrected chi connectivity index (χ1v) is 18.4. The van der Waals surface area contributed by atoms with Gasteiger partial charge in [-0.25, -0.2) is 0 Å². The van der Waals surface area contributed by atoms with Gasteiger partial charge in [-0.2, -0.15) is 0 Å². The van der Waals surface area contributed by atoms with E-state index in [4.69, 9.17) is 0 Å². The highest BCUT2D eigenvalue weighted by molar-refractivity contribution is 5.36. The number of hydrogen-bond donors (Lipinski definition) is 0. The molecule has 0 heterocycles. The Balaban J connectivity index is 2.42. The molecule has 0 unspecified atom stereocenters. The molecule has 0 spiro atoms. The minimum atomic E-state index is 1.31. The molecule has 0 nitrogen and oxygen atoms in total. The third-order valence-corrected chi connectivity index (χ3v) is 9.00. The molecule has 1 rings (SSSR count). The summed E-state index contributed by atoms with van der Waals surface area (Å²) in [6.07, 6.45) is 42.6. The van der Waals surface area contributed by atoms with E-state index < -0.39 is 0 Å². The normalized spacial score (nSPS) is 11.5. The van der Waals surface area contributed by atoms with Crippen LogP contribution in [0.15, 0.2) is 18.2 Å². The van der Waals surface area contributed by atoms with Crippen molar-refractivity contribution in [1.82, 2.24) is 0 Å². The van der Waals surface area contributed by atoms with E-state index in [1.165, 1.54) is 193 Å². The van der Waals surface area contributed by atoms with E-state index in [1.54, 1.807) is 16.7 Å². The van der Waals surface area contributed by atoms with Crippen LogP contribution >= 0.6 is 0 Å². The molecule has 0 fully saturated rings. The second kappa shape index (κ2) is 28.7. The molecule has 1 aromatic rings. The first-order chi connectivity index (χ1) is 19.3. The van der Waals surface area contributed by atoms with Gasteiger partial charge in [-0.3, -0.25) is 0 Å². The van der Waals surface area contributed by atoms with Crippen LogP contribution in [0.5, 0.6) is 0 Å². The van der Waals surface area contributed by atoms with E-state index in [1.807, 2.05) is 0 Å². The van der Waals surface area contributed by atoms with Crippen molar-refractivity contribution in [3.8, 4) is 0 Å². The zero-order valence-electron chi connectivity index (χ0n) is 27.4. The minimum absolute atomic E-state index is 1.31. The molecule has 0 aliphatic carbocycles. The summed E-state index contributed by atoms with van der Waals surface area (Å²) in [6, 6.07) is 7.34. The average molecular weight is 541 g/mol. The van der Waals surface area contributed by atoms with Crippen molar-refractivity contribution >= 4 is 0 Å².